The molecule has 0 fully saturated rings. The van der Waals surface area contributed by atoms with Crippen molar-refractivity contribution in [2.24, 2.45) is 0 Å². The molecule has 3 aromatic heterocycles. The summed E-state index contributed by atoms with van der Waals surface area (Å²) < 4.78 is 4.97. The van der Waals surface area contributed by atoms with E-state index in [4.69, 9.17) is 9.97 Å². The van der Waals surface area contributed by atoms with Crippen molar-refractivity contribution in [1.82, 2.24) is 19.1 Å². The molecule has 0 saturated heterocycles. The van der Waals surface area contributed by atoms with Crippen molar-refractivity contribution >= 4 is 97.6 Å². The fourth-order valence-electron chi connectivity index (χ4n) is 10.6. The van der Waals surface area contributed by atoms with Gasteiger partial charge in [-0.2, -0.15) is 0 Å². The van der Waals surface area contributed by atoms with Gasteiger partial charge in [-0.3, -0.25) is 0 Å². The van der Waals surface area contributed by atoms with Gasteiger partial charge in [0.2, 0.25) is 0 Å². The SMILES string of the molecule is c1ccc2cc(-c3nc(-c4ccc(-n5c6cc7ccccc7cc6c6c(-n7c8ccccc8c8c9ccccc9ccc87)cccc65)c5ccccc45)nc4ccccc34)ccc2c1. The smallest absolute Gasteiger partial charge is 0.161 e. The van der Waals surface area contributed by atoms with Gasteiger partial charge in [-0.15, -0.1) is 0 Å². The largest absolute Gasteiger partial charge is 0.309 e. The number of benzene rings is 11. The van der Waals surface area contributed by atoms with Crippen molar-refractivity contribution < 1.29 is 0 Å². The van der Waals surface area contributed by atoms with Crippen molar-refractivity contribution in [3.05, 3.63) is 218 Å². The molecule has 0 bridgehead atoms. The third kappa shape index (κ3) is 5.05. The Hall–Kier alpha value is -8.60. The van der Waals surface area contributed by atoms with Gasteiger partial charge >= 0.3 is 0 Å². The highest BCUT2D eigenvalue weighted by molar-refractivity contribution is 6.24. The van der Waals surface area contributed by atoms with E-state index in [2.05, 4.69) is 228 Å². The van der Waals surface area contributed by atoms with E-state index >= 15 is 0 Å². The highest BCUT2D eigenvalue weighted by Gasteiger charge is 2.23. The minimum Gasteiger partial charge on any atom is -0.309 e. The average Bonchev–Trinajstić information content (AvgIpc) is 3.87. The zero-order valence-corrected chi connectivity index (χ0v) is 34.6. The summed E-state index contributed by atoms with van der Waals surface area (Å²) in [6, 6.07) is 79.2. The molecule has 0 amide bonds. The Balaban J connectivity index is 1.05. The van der Waals surface area contributed by atoms with Gasteiger partial charge in [0.05, 0.1) is 44.7 Å². The summed E-state index contributed by atoms with van der Waals surface area (Å²) >= 11 is 0. The molecule has 4 nitrogen and oxygen atoms in total. The van der Waals surface area contributed by atoms with Gasteiger partial charge in [-0.25, -0.2) is 9.97 Å². The standard InChI is InChI=1S/C60H36N4/c1-2-16-39-34-42(29-28-37(39)14-1)59-47-22-9-11-24-50(47)61-60(62-59)46-31-33-52(45-21-8-7-20-44(45)46)64-54-27-13-26-53(58(54)49-35-40-17-3-4-18-41(40)36-56(49)64)63-51-25-12-10-23-48(51)57-43-19-6-5-15-38(43)30-32-55(57)63/h1-36H. The Bertz CT molecular complexity index is 4270. The second-order valence-corrected chi connectivity index (χ2v) is 16.9. The number of hydrogen-bond acceptors (Lipinski definition) is 2. The van der Waals surface area contributed by atoms with Crippen LogP contribution in [-0.2, 0) is 0 Å². The first-order valence-electron chi connectivity index (χ1n) is 21.9. The monoisotopic (exact) mass is 812 g/mol. The molecule has 14 aromatic rings. The number of para-hydroxylation sites is 2. The maximum Gasteiger partial charge on any atom is 0.161 e. The minimum atomic E-state index is 0.707. The fourth-order valence-corrected chi connectivity index (χ4v) is 10.6. The second kappa shape index (κ2) is 13.4. The molecule has 14 rings (SSSR count). The molecule has 3 heterocycles. The molecule has 296 valence electrons. The van der Waals surface area contributed by atoms with Gasteiger partial charge in [0.15, 0.2) is 5.82 Å². The van der Waals surface area contributed by atoms with Crippen molar-refractivity contribution in [3.63, 3.8) is 0 Å². The molecule has 0 N–H and O–H groups in total. The van der Waals surface area contributed by atoms with E-state index in [-0.39, 0.29) is 0 Å². The highest BCUT2D eigenvalue weighted by Crippen LogP contribution is 2.44. The molecule has 4 heteroatoms. The molecule has 0 radical (unpaired) electrons. The number of fused-ring (bicyclic) bond motifs is 12. The number of hydrogen-bond donors (Lipinski definition) is 0. The molecule has 0 atom stereocenters. The summed E-state index contributed by atoms with van der Waals surface area (Å²) in [5, 5.41) is 15.5. The van der Waals surface area contributed by atoms with E-state index < -0.39 is 0 Å². The zero-order valence-electron chi connectivity index (χ0n) is 34.6. The van der Waals surface area contributed by atoms with Gasteiger partial charge in [-0.1, -0.05) is 158 Å². The van der Waals surface area contributed by atoms with Crippen LogP contribution >= 0.6 is 0 Å². The number of rotatable bonds is 4. The predicted molar refractivity (Wildman–Crippen MR) is 269 cm³/mol. The van der Waals surface area contributed by atoms with Crippen molar-refractivity contribution in [2.75, 3.05) is 0 Å². The van der Waals surface area contributed by atoms with Crippen LogP contribution in [0.3, 0.4) is 0 Å². The molecule has 0 aliphatic carbocycles. The van der Waals surface area contributed by atoms with Crippen molar-refractivity contribution in [2.45, 2.75) is 0 Å². The summed E-state index contributed by atoms with van der Waals surface area (Å²) in [5.74, 6) is 0.707. The summed E-state index contributed by atoms with van der Waals surface area (Å²) in [5.41, 5.74) is 10.9. The first kappa shape index (κ1) is 35.0. The lowest BCUT2D eigenvalue weighted by molar-refractivity contribution is 1.18. The van der Waals surface area contributed by atoms with Crippen LogP contribution in [0.25, 0.3) is 132 Å². The Morgan fingerprint density at radius 3 is 1.75 bits per heavy atom. The average molecular weight is 813 g/mol. The molecule has 0 spiro atoms. The van der Waals surface area contributed by atoms with E-state index in [0.29, 0.717) is 5.82 Å². The molecule has 64 heavy (non-hydrogen) atoms. The van der Waals surface area contributed by atoms with Crippen LogP contribution in [0.5, 0.6) is 0 Å². The molecule has 0 unspecified atom stereocenters. The van der Waals surface area contributed by atoms with Gasteiger partial charge < -0.3 is 9.13 Å². The van der Waals surface area contributed by atoms with Crippen LogP contribution in [0.1, 0.15) is 0 Å². The number of nitrogens with zero attached hydrogens (tertiary/aromatic N) is 4. The summed E-state index contributed by atoms with van der Waals surface area (Å²) in [6.07, 6.45) is 0. The summed E-state index contributed by atoms with van der Waals surface area (Å²) in [6.45, 7) is 0. The third-order valence-electron chi connectivity index (χ3n) is 13.4. The normalized spacial score (nSPS) is 12.1. The molecule has 11 aromatic carbocycles. The van der Waals surface area contributed by atoms with Gasteiger partial charge in [0.25, 0.3) is 0 Å². The Morgan fingerprint density at radius 1 is 0.297 bits per heavy atom. The summed E-state index contributed by atoms with van der Waals surface area (Å²) in [7, 11) is 0. The van der Waals surface area contributed by atoms with Crippen LogP contribution in [0, 0.1) is 0 Å². The van der Waals surface area contributed by atoms with E-state index in [0.717, 1.165) is 60.9 Å². The van der Waals surface area contributed by atoms with E-state index in [1.807, 2.05) is 0 Å². The first-order valence-corrected chi connectivity index (χ1v) is 21.9. The van der Waals surface area contributed by atoms with Crippen molar-refractivity contribution in [1.29, 1.82) is 0 Å². The highest BCUT2D eigenvalue weighted by atomic mass is 15.0. The maximum absolute atomic E-state index is 5.41. The van der Waals surface area contributed by atoms with Gasteiger partial charge in [0, 0.05) is 43.4 Å². The number of aromatic nitrogens is 4. The van der Waals surface area contributed by atoms with E-state index in [9.17, 15) is 0 Å². The molecular weight excluding hydrogens is 777 g/mol. The Kier molecular flexibility index (Phi) is 7.36. The van der Waals surface area contributed by atoms with Crippen LogP contribution in [0.4, 0.5) is 0 Å². The first-order chi connectivity index (χ1) is 31.7. The molecular formula is C60H36N4. The zero-order chi connectivity index (χ0) is 41.9. The second-order valence-electron chi connectivity index (χ2n) is 16.9. The van der Waals surface area contributed by atoms with Crippen LogP contribution in [-0.4, -0.2) is 19.1 Å². The minimum absolute atomic E-state index is 0.707. The Labute approximate surface area is 367 Å². The quantitative estimate of drug-likeness (QED) is 0.177. The van der Waals surface area contributed by atoms with E-state index in [1.165, 1.54) is 64.9 Å². The third-order valence-corrected chi connectivity index (χ3v) is 13.4. The van der Waals surface area contributed by atoms with Gasteiger partial charge in [-0.05, 0) is 98.4 Å². The van der Waals surface area contributed by atoms with Crippen LogP contribution in [0.2, 0.25) is 0 Å². The maximum atomic E-state index is 5.41. The lowest BCUT2D eigenvalue weighted by Gasteiger charge is -2.16. The predicted octanol–water partition coefficient (Wildman–Crippen LogP) is 15.8. The Morgan fingerprint density at radius 2 is 0.906 bits per heavy atom. The fraction of sp³-hybridized carbons (Fsp3) is 0. The van der Waals surface area contributed by atoms with E-state index in [1.54, 1.807) is 0 Å². The van der Waals surface area contributed by atoms with Gasteiger partial charge in [0.1, 0.15) is 0 Å². The molecule has 0 aliphatic rings. The van der Waals surface area contributed by atoms with Crippen molar-refractivity contribution in [3.8, 4) is 34.0 Å². The lowest BCUT2D eigenvalue weighted by Crippen LogP contribution is -1.99. The lowest BCUT2D eigenvalue weighted by atomic mass is 9.99. The van der Waals surface area contributed by atoms with Crippen LogP contribution < -0.4 is 0 Å². The topological polar surface area (TPSA) is 35.6 Å². The molecule has 0 aliphatic heterocycles. The molecule has 0 saturated carbocycles. The summed E-state index contributed by atoms with van der Waals surface area (Å²) in [4.78, 5) is 10.7. The van der Waals surface area contributed by atoms with Crippen LogP contribution in [0.15, 0.2) is 218 Å².